The topological polar surface area (TPSA) is 113 Å². The number of non-ortho nitro benzene ring substituents is 2. The molecule has 0 fully saturated rings. The minimum Gasteiger partial charge on any atom is -0.454 e. The van der Waals surface area contributed by atoms with Crippen molar-refractivity contribution in [2.24, 2.45) is 0 Å². The highest BCUT2D eigenvalue weighted by Crippen LogP contribution is 2.28. The van der Waals surface area contributed by atoms with E-state index in [1.165, 1.54) is 0 Å². The molecule has 0 radical (unpaired) electrons. The van der Waals surface area contributed by atoms with Crippen LogP contribution in [0.5, 0.6) is 0 Å². The molecule has 3 rings (SSSR count). The Balaban J connectivity index is 1.92. The van der Waals surface area contributed by atoms with Crippen LogP contribution >= 0.6 is 0 Å². The molecule has 0 N–H and O–H groups in total. The first kappa shape index (κ1) is 18.0. The molecule has 0 saturated heterocycles. The molecule has 0 heterocycles. The number of nitro benzene ring substituents is 2. The van der Waals surface area contributed by atoms with Crippen LogP contribution in [0, 0.1) is 20.2 Å². The maximum Gasteiger partial charge on any atom is 0.339 e. The van der Waals surface area contributed by atoms with Crippen molar-refractivity contribution in [3.63, 3.8) is 0 Å². The van der Waals surface area contributed by atoms with Gasteiger partial charge in [0.25, 0.3) is 11.4 Å². The molecule has 1 unspecified atom stereocenters. The van der Waals surface area contributed by atoms with E-state index in [1.54, 1.807) is 6.92 Å². The Hall–Kier alpha value is -3.81. The highest BCUT2D eigenvalue weighted by Gasteiger charge is 2.22. The first-order chi connectivity index (χ1) is 12.9. The lowest BCUT2D eigenvalue weighted by atomic mass is 10.0. The van der Waals surface area contributed by atoms with Crippen LogP contribution in [-0.2, 0) is 4.74 Å². The zero-order chi connectivity index (χ0) is 19.6. The quantitative estimate of drug-likeness (QED) is 0.371. The predicted octanol–water partition coefficient (Wildman–Crippen LogP) is 4.57. The largest absolute Gasteiger partial charge is 0.454 e. The number of carbonyl (C=O) groups is 1. The number of rotatable bonds is 5. The van der Waals surface area contributed by atoms with E-state index in [2.05, 4.69) is 0 Å². The van der Waals surface area contributed by atoms with Crippen LogP contribution in [0.2, 0.25) is 0 Å². The van der Waals surface area contributed by atoms with Crippen LogP contribution in [-0.4, -0.2) is 15.8 Å². The van der Waals surface area contributed by atoms with Gasteiger partial charge >= 0.3 is 5.97 Å². The zero-order valence-corrected chi connectivity index (χ0v) is 14.2. The van der Waals surface area contributed by atoms with Crippen LogP contribution in [0.1, 0.15) is 28.9 Å². The van der Waals surface area contributed by atoms with Gasteiger partial charge in [-0.05, 0) is 23.3 Å². The minimum absolute atomic E-state index is 0.247. The van der Waals surface area contributed by atoms with E-state index in [-0.39, 0.29) is 5.56 Å². The summed E-state index contributed by atoms with van der Waals surface area (Å²) in [4.78, 5) is 32.8. The summed E-state index contributed by atoms with van der Waals surface area (Å²) in [6.45, 7) is 1.67. The molecule has 0 spiro atoms. The molecule has 0 aliphatic carbocycles. The summed E-state index contributed by atoms with van der Waals surface area (Å²) in [5.74, 6) is -0.873. The van der Waals surface area contributed by atoms with E-state index < -0.39 is 33.3 Å². The third-order valence-corrected chi connectivity index (χ3v) is 4.11. The molecule has 0 aliphatic rings. The molecule has 0 saturated carbocycles. The first-order valence-corrected chi connectivity index (χ1v) is 7.99. The number of ether oxygens (including phenoxy) is 1. The summed E-state index contributed by atoms with van der Waals surface area (Å²) < 4.78 is 5.42. The summed E-state index contributed by atoms with van der Waals surface area (Å²) in [6, 6.07) is 15.9. The van der Waals surface area contributed by atoms with Crippen LogP contribution in [0.3, 0.4) is 0 Å². The molecule has 27 heavy (non-hydrogen) atoms. The van der Waals surface area contributed by atoms with Crippen LogP contribution in [0.4, 0.5) is 11.4 Å². The fraction of sp³-hybridized carbons (Fsp3) is 0.105. The summed E-state index contributed by atoms with van der Waals surface area (Å²) in [7, 11) is 0. The lowest BCUT2D eigenvalue weighted by Crippen LogP contribution is -2.10. The van der Waals surface area contributed by atoms with Gasteiger partial charge in [0.2, 0.25) is 0 Å². The van der Waals surface area contributed by atoms with Crippen molar-refractivity contribution in [1.29, 1.82) is 0 Å². The zero-order valence-electron chi connectivity index (χ0n) is 14.2. The average Bonchev–Trinajstić information content (AvgIpc) is 2.66. The van der Waals surface area contributed by atoms with Gasteiger partial charge in [0, 0.05) is 12.1 Å². The molecule has 3 aromatic carbocycles. The van der Waals surface area contributed by atoms with Gasteiger partial charge in [-0.3, -0.25) is 20.2 Å². The van der Waals surface area contributed by atoms with E-state index in [4.69, 9.17) is 4.74 Å². The third kappa shape index (κ3) is 3.74. The monoisotopic (exact) mass is 366 g/mol. The van der Waals surface area contributed by atoms with Crippen molar-refractivity contribution < 1.29 is 19.4 Å². The second-order valence-electron chi connectivity index (χ2n) is 5.87. The highest BCUT2D eigenvalue weighted by atomic mass is 16.6. The lowest BCUT2D eigenvalue weighted by Gasteiger charge is -2.16. The number of nitro groups is 2. The average molecular weight is 366 g/mol. The lowest BCUT2D eigenvalue weighted by molar-refractivity contribution is -0.394. The second-order valence-corrected chi connectivity index (χ2v) is 5.87. The molecule has 1 atom stereocenters. The number of carbonyl (C=O) groups excluding carboxylic acids is 1. The normalized spacial score (nSPS) is 11.7. The highest BCUT2D eigenvalue weighted by molar-refractivity contribution is 5.92. The molecule has 0 aliphatic heterocycles. The Morgan fingerprint density at radius 1 is 0.926 bits per heavy atom. The standard InChI is InChI=1S/C19H14N2O6/c1-12(17-8-4-6-13-5-2-3-7-18(13)17)27-19(22)14-9-15(20(23)24)11-16(10-14)21(25)26/h2-12H,1H3. The van der Waals surface area contributed by atoms with E-state index in [9.17, 15) is 25.0 Å². The third-order valence-electron chi connectivity index (χ3n) is 4.11. The van der Waals surface area contributed by atoms with E-state index in [0.29, 0.717) is 0 Å². The van der Waals surface area contributed by atoms with E-state index in [1.807, 2.05) is 42.5 Å². The van der Waals surface area contributed by atoms with Gasteiger partial charge in [0.15, 0.2) is 0 Å². The maximum atomic E-state index is 12.4. The number of esters is 1. The molecule has 0 amide bonds. The van der Waals surface area contributed by atoms with Gasteiger partial charge in [-0.2, -0.15) is 0 Å². The number of nitrogens with zero attached hydrogens (tertiary/aromatic N) is 2. The smallest absolute Gasteiger partial charge is 0.339 e. The number of fused-ring (bicyclic) bond motifs is 1. The molecule has 136 valence electrons. The number of hydrogen-bond donors (Lipinski definition) is 0. The fourth-order valence-corrected chi connectivity index (χ4v) is 2.82. The Labute approximate surface area is 153 Å². The fourth-order valence-electron chi connectivity index (χ4n) is 2.82. The van der Waals surface area contributed by atoms with Gasteiger partial charge in [0.1, 0.15) is 6.10 Å². The Morgan fingerprint density at radius 2 is 1.52 bits per heavy atom. The molecular weight excluding hydrogens is 352 g/mol. The summed E-state index contributed by atoms with van der Waals surface area (Å²) in [5, 5.41) is 23.8. The maximum absolute atomic E-state index is 12.4. The van der Waals surface area contributed by atoms with Crippen LogP contribution < -0.4 is 0 Å². The van der Waals surface area contributed by atoms with Crippen LogP contribution in [0.25, 0.3) is 10.8 Å². The molecule has 0 bridgehead atoms. The summed E-state index contributed by atoms with van der Waals surface area (Å²) >= 11 is 0. The van der Waals surface area contributed by atoms with Gasteiger partial charge in [-0.15, -0.1) is 0 Å². The SMILES string of the molecule is CC(OC(=O)c1cc([N+](=O)[O-])cc([N+](=O)[O-])c1)c1cccc2ccccc12. The number of hydrogen-bond acceptors (Lipinski definition) is 6. The van der Waals surface area contributed by atoms with E-state index in [0.717, 1.165) is 34.5 Å². The minimum atomic E-state index is -0.873. The molecule has 8 nitrogen and oxygen atoms in total. The summed E-state index contributed by atoms with van der Waals surface area (Å²) in [5.41, 5.74) is -0.577. The van der Waals surface area contributed by atoms with Crippen molar-refractivity contribution in [3.8, 4) is 0 Å². The Bertz CT molecular complexity index is 1030. The molecule has 3 aromatic rings. The first-order valence-electron chi connectivity index (χ1n) is 7.99. The molecular formula is C19H14N2O6. The molecule has 8 heteroatoms. The van der Waals surface area contributed by atoms with Crippen molar-refractivity contribution in [2.45, 2.75) is 13.0 Å². The van der Waals surface area contributed by atoms with Crippen molar-refractivity contribution in [1.82, 2.24) is 0 Å². The Morgan fingerprint density at radius 3 is 2.15 bits per heavy atom. The van der Waals surface area contributed by atoms with Gasteiger partial charge in [-0.25, -0.2) is 4.79 Å². The predicted molar refractivity (Wildman–Crippen MR) is 97.5 cm³/mol. The van der Waals surface area contributed by atoms with Crippen molar-refractivity contribution >= 4 is 28.1 Å². The number of benzene rings is 3. The van der Waals surface area contributed by atoms with Crippen molar-refractivity contribution in [2.75, 3.05) is 0 Å². The van der Waals surface area contributed by atoms with Gasteiger partial charge in [-0.1, -0.05) is 42.5 Å². The van der Waals surface area contributed by atoms with Crippen molar-refractivity contribution in [3.05, 3.63) is 92.0 Å². The van der Waals surface area contributed by atoms with Crippen LogP contribution in [0.15, 0.2) is 60.7 Å². The van der Waals surface area contributed by atoms with Gasteiger partial charge < -0.3 is 4.74 Å². The molecule has 0 aromatic heterocycles. The van der Waals surface area contributed by atoms with E-state index >= 15 is 0 Å². The Kier molecular flexibility index (Phi) is 4.80. The summed E-state index contributed by atoms with van der Waals surface area (Å²) in [6.07, 6.45) is -0.651. The van der Waals surface area contributed by atoms with Gasteiger partial charge in [0.05, 0.1) is 21.5 Å². The second kappa shape index (κ2) is 7.20.